The number of ether oxygens (including phenoxy) is 1. The molecule has 0 spiro atoms. The van der Waals surface area contributed by atoms with E-state index >= 15 is 0 Å². The summed E-state index contributed by atoms with van der Waals surface area (Å²) in [5, 5.41) is 0. The third-order valence-corrected chi connectivity index (χ3v) is 5.15. The van der Waals surface area contributed by atoms with Gasteiger partial charge in [0.05, 0.1) is 6.04 Å². The second-order valence-corrected chi connectivity index (χ2v) is 6.75. The molecule has 2 saturated heterocycles. The molecule has 2 aliphatic heterocycles. The molecule has 1 amide bonds. The van der Waals surface area contributed by atoms with Crippen LogP contribution in [0.4, 0.5) is 0 Å². The number of likely N-dealkylation sites (tertiary alicyclic amines) is 1. The van der Waals surface area contributed by atoms with Crippen molar-refractivity contribution in [1.82, 2.24) is 14.7 Å². The lowest BCUT2D eigenvalue weighted by Gasteiger charge is -2.38. The maximum atomic E-state index is 12.5. The number of para-hydroxylation sites is 1. The van der Waals surface area contributed by atoms with Gasteiger partial charge in [-0.3, -0.25) is 14.6 Å². The molecule has 5 heteroatoms. The predicted molar refractivity (Wildman–Crippen MR) is 95.2 cm³/mol. The lowest BCUT2D eigenvalue weighted by atomic mass is 10.2. The Kier molecular flexibility index (Phi) is 6.10. The van der Waals surface area contributed by atoms with Crippen molar-refractivity contribution in [3.8, 4) is 5.75 Å². The van der Waals surface area contributed by atoms with Crippen molar-refractivity contribution in [2.24, 2.45) is 0 Å². The highest BCUT2D eigenvalue weighted by Gasteiger charge is 2.29. The third kappa shape index (κ3) is 4.48. The van der Waals surface area contributed by atoms with Crippen LogP contribution in [0.15, 0.2) is 30.3 Å². The van der Waals surface area contributed by atoms with Crippen LogP contribution in [-0.4, -0.2) is 79.1 Å². The van der Waals surface area contributed by atoms with E-state index in [0.29, 0.717) is 12.5 Å². The topological polar surface area (TPSA) is 36.0 Å². The van der Waals surface area contributed by atoms with E-state index in [0.717, 1.165) is 64.4 Å². The van der Waals surface area contributed by atoms with E-state index in [1.165, 1.54) is 0 Å². The summed E-state index contributed by atoms with van der Waals surface area (Å²) >= 11 is 0. The summed E-state index contributed by atoms with van der Waals surface area (Å²) in [7, 11) is 0. The number of carbonyl (C=O) groups excluding carboxylic acids is 1. The molecule has 2 aliphatic rings. The van der Waals surface area contributed by atoms with Gasteiger partial charge >= 0.3 is 0 Å². The van der Waals surface area contributed by atoms with Gasteiger partial charge in [0, 0.05) is 45.8 Å². The molecule has 1 atom stereocenters. The highest BCUT2D eigenvalue weighted by atomic mass is 16.5. The number of amides is 1. The van der Waals surface area contributed by atoms with Gasteiger partial charge in [-0.25, -0.2) is 0 Å². The van der Waals surface area contributed by atoms with Crippen molar-refractivity contribution in [3.63, 3.8) is 0 Å². The second kappa shape index (κ2) is 8.49. The first-order valence-corrected chi connectivity index (χ1v) is 9.17. The Bertz CT molecular complexity index is 509. The molecule has 0 aliphatic carbocycles. The van der Waals surface area contributed by atoms with Crippen LogP contribution < -0.4 is 4.74 Å². The van der Waals surface area contributed by atoms with E-state index < -0.39 is 0 Å². The Morgan fingerprint density at radius 2 is 1.71 bits per heavy atom. The number of hydrogen-bond acceptors (Lipinski definition) is 4. The fourth-order valence-corrected chi connectivity index (χ4v) is 3.54. The molecule has 0 N–H and O–H groups in total. The highest BCUT2D eigenvalue weighted by molar-refractivity contribution is 5.81. The number of piperazine rings is 1. The van der Waals surface area contributed by atoms with Crippen molar-refractivity contribution in [2.75, 3.05) is 52.4 Å². The summed E-state index contributed by atoms with van der Waals surface area (Å²) in [5.74, 6) is 1.24. The van der Waals surface area contributed by atoms with Crippen molar-refractivity contribution in [1.29, 1.82) is 0 Å². The first-order valence-electron chi connectivity index (χ1n) is 9.17. The van der Waals surface area contributed by atoms with Gasteiger partial charge in [0.1, 0.15) is 12.4 Å². The van der Waals surface area contributed by atoms with Crippen LogP contribution in [0.1, 0.15) is 19.8 Å². The molecule has 2 fully saturated rings. The molecule has 2 heterocycles. The van der Waals surface area contributed by atoms with Crippen LogP contribution in [0.3, 0.4) is 0 Å². The molecule has 0 radical (unpaired) electrons. The summed E-state index contributed by atoms with van der Waals surface area (Å²) in [6, 6.07) is 9.98. The number of carbonyl (C=O) groups is 1. The zero-order valence-corrected chi connectivity index (χ0v) is 14.7. The van der Waals surface area contributed by atoms with E-state index in [1.54, 1.807) is 0 Å². The predicted octanol–water partition coefficient (Wildman–Crippen LogP) is 1.69. The molecule has 1 aromatic carbocycles. The molecular formula is C19H29N3O2. The van der Waals surface area contributed by atoms with Crippen LogP contribution in [0, 0.1) is 0 Å². The maximum absolute atomic E-state index is 12.5. The molecular weight excluding hydrogens is 302 g/mol. The highest BCUT2D eigenvalue weighted by Crippen LogP contribution is 2.14. The van der Waals surface area contributed by atoms with Gasteiger partial charge in [0.2, 0.25) is 5.91 Å². The minimum Gasteiger partial charge on any atom is -0.492 e. The quantitative estimate of drug-likeness (QED) is 0.795. The molecule has 24 heavy (non-hydrogen) atoms. The van der Waals surface area contributed by atoms with Crippen LogP contribution in [-0.2, 0) is 4.79 Å². The molecule has 0 aromatic heterocycles. The monoisotopic (exact) mass is 331 g/mol. The molecule has 0 bridgehead atoms. The lowest BCUT2D eigenvalue weighted by Crippen LogP contribution is -2.54. The normalized spacial score (nSPS) is 21.0. The van der Waals surface area contributed by atoms with Crippen molar-refractivity contribution >= 4 is 5.91 Å². The first-order chi connectivity index (χ1) is 11.7. The molecule has 1 aromatic rings. The van der Waals surface area contributed by atoms with Gasteiger partial charge < -0.3 is 9.64 Å². The molecule has 3 rings (SSSR count). The number of benzene rings is 1. The Morgan fingerprint density at radius 3 is 2.38 bits per heavy atom. The van der Waals surface area contributed by atoms with Gasteiger partial charge in [-0.1, -0.05) is 18.2 Å². The van der Waals surface area contributed by atoms with E-state index in [4.69, 9.17) is 4.74 Å². The summed E-state index contributed by atoms with van der Waals surface area (Å²) in [6.45, 7) is 9.56. The van der Waals surface area contributed by atoms with Crippen LogP contribution in [0.2, 0.25) is 0 Å². The van der Waals surface area contributed by atoms with E-state index in [-0.39, 0.29) is 6.04 Å². The number of rotatable bonds is 6. The zero-order valence-electron chi connectivity index (χ0n) is 14.7. The fraction of sp³-hybridized carbons (Fsp3) is 0.632. The summed E-state index contributed by atoms with van der Waals surface area (Å²) in [6.07, 6.45) is 2.32. The van der Waals surface area contributed by atoms with Crippen molar-refractivity contribution in [3.05, 3.63) is 30.3 Å². The Hall–Kier alpha value is -1.59. The average Bonchev–Trinajstić information content (AvgIpc) is 3.17. The van der Waals surface area contributed by atoms with E-state index in [2.05, 4.69) is 16.7 Å². The van der Waals surface area contributed by atoms with Crippen molar-refractivity contribution in [2.45, 2.75) is 25.8 Å². The van der Waals surface area contributed by atoms with E-state index in [1.807, 2.05) is 35.2 Å². The fourth-order valence-electron chi connectivity index (χ4n) is 3.54. The van der Waals surface area contributed by atoms with Gasteiger partial charge in [0.15, 0.2) is 0 Å². The lowest BCUT2D eigenvalue weighted by molar-refractivity contribution is -0.136. The molecule has 132 valence electrons. The Morgan fingerprint density at radius 1 is 1.04 bits per heavy atom. The van der Waals surface area contributed by atoms with Crippen molar-refractivity contribution < 1.29 is 9.53 Å². The average molecular weight is 331 g/mol. The minimum absolute atomic E-state index is 0.0193. The van der Waals surface area contributed by atoms with E-state index in [9.17, 15) is 4.79 Å². The molecule has 5 nitrogen and oxygen atoms in total. The summed E-state index contributed by atoms with van der Waals surface area (Å²) in [4.78, 5) is 19.3. The largest absolute Gasteiger partial charge is 0.492 e. The van der Waals surface area contributed by atoms with Gasteiger partial charge in [0.25, 0.3) is 0 Å². The van der Waals surface area contributed by atoms with Gasteiger partial charge in [-0.15, -0.1) is 0 Å². The first kappa shape index (κ1) is 17.2. The maximum Gasteiger partial charge on any atom is 0.239 e. The summed E-state index contributed by atoms with van der Waals surface area (Å²) in [5.41, 5.74) is 0. The third-order valence-electron chi connectivity index (χ3n) is 5.15. The number of nitrogens with zero attached hydrogens (tertiary/aromatic N) is 3. The second-order valence-electron chi connectivity index (χ2n) is 6.75. The van der Waals surface area contributed by atoms with Crippen LogP contribution >= 0.6 is 0 Å². The summed E-state index contributed by atoms with van der Waals surface area (Å²) < 4.78 is 5.77. The molecule has 1 unspecified atom stereocenters. The Balaban J connectivity index is 1.36. The van der Waals surface area contributed by atoms with Crippen LogP contribution in [0.5, 0.6) is 5.75 Å². The number of hydrogen-bond donors (Lipinski definition) is 0. The smallest absolute Gasteiger partial charge is 0.239 e. The van der Waals surface area contributed by atoms with Gasteiger partial charge in [-0.05, 0) is 31.9 Å². The SMILES string of the molecule is CC(C(=O)N1CCCC1)N1CCN(CCOc2ccccc2)CC1. The van der Waals surface area contributed by atoms with Crippen LogP contribution in [0.25, 0.3) is 0 Å². The molecule has 0 saturated carbocycles. The minimum atomic E-state index is 0.0193. The standard InChI is InChI=1S/C19H29N3O2/c1-17(19(23)22-9-5-6-10-22)21-13-11-20(12-14-21)15-16-24-18-7-3-2-4-8-18/h2-4,7-8,17H,5-6,9-16H2,1H3. The Labute approximate surface area is 145 Å². The van der Waals surface area contributed by atoms with Gasteiger partial charge in [-0.2, -0.15) is 0 Å². The zero-order chi connectivity index (χ0) is 16.8.